The van der Waals surface area contributed by atoms with E-state index in [4.69, 9.17) is 9.97 Å². The SMILES string of the molecule is c1ccc2sc(N3CCC[C@@H](c4nccn4Cc4ccncc4)C3)nc2c1. The number of rotatable bonds is 4. The van der Waals surface area contributed by atoms with Gasteiger partial charge < -0.3 is 9.47 Å². The van der Waals surface area contributed by atoms with Crippen LogP contribution >= 0.6 is 11.3 Å². The monoisotopic (exact) mass is 375 g/mol. The second-order valence-electron chi connectivity index (χ2n) is 7.02. The number of nitrogens with zero attached hydrogens (tertiary/aromatic N) is 5. The summed E-state index contributed by atoms with van der Waals surface area (Å²) in [6.45, 7) is 2.89. The van der Waals surface area contributed by atoms with Crippen molar-refractivity contribution in [1.82, 2.24) is 19.5 Å². The molecule has 3 aromatic heterocycles. The van der Waals surface area contributed by atoms with Gasteiger partial charge in [0.15, 0.2) is 5.13 Å². The molecular formula is C21H21N5S. The average molecular weight is 376 g/mol. The molecule has 1 atom stereocenters. The lowest BCUT2D eigenvalue weighted by molar-refractivity contribution is 0.476. The van der Waals surface area contributed by atoms with Crippen molar-refractivity contribution >= 4 is 26.7 Å². The third-order valence-electron chi connectivity index (χ3n) is 5.19. The van der Waals surface area contributed by atoms with Crippen molar-refractivity contribution in [3.63, 3.8) is 0 Å². The summed E-state index contributed by atoms with van der Waals surface area (Å²) in [5, 5.41) is 1.13. The molecule has 0 radical (unpaired) electrons. The van der Waals surface area contributed by atoms with Gasteiger partial charge in [-0.15, -0.1) is 0 Å². The molecule has 1 saturated heterocycles. The molecular weight excluding hydrogens is 354 g/mol. The average Bonchev–Trinajstić information content (AvgIpc) is 3.36. The summed E-state index contributed by atoms with van der Waals surface area (Å²) < 4.78 is 3.54. The molecule has 4 heterocycles. The summed E-state index contributed by atoms with van der Waals surface area (Å²) in [6, 6.07) is 12.5. The lowest BCUT2D eigenvalue weighted by Crippen LogP contribution is -2.35. The van der Waals surface area contributed by atoms with Crippen LogP contribution in [0.1, 0.15) is 30.1 Å². The van der Waals surface area contributed by atoms with Crippen LogP contribution in [-0.4, -0.2) is 32.6 Å². The van der Waals surface area contributed by atoms with E-state index >= 15 is 0 Å². The normalized spacial score (nSPS) is 17.5. The Labute approximate surface area is 162 Å². The van der Waals surface area contributed by atoms with Gasteiger partial charge in [-0.05, 0) is 42.7 Å². The molecule has 5 rings (SSSR count). The van der Waals surface area contributed by atoms with Gasteiger partial charge in [0.25, 0.3) is 0 Å². The van der Waals surface area contributed by atoms with Crippen molar-refractivity contribution in [2.45, 2.75) is 25.3 Å². The van der Waals surface area contributed by atoms with Gasteiger partial charge in [-0.3, -0.25) is 4.98 Å². The first-order chi connectivity index (χ1) is 13.4. The smallest absolute Gasteiger partial charge is 0.186 e. The zero-order chi connectivity index (χ0) is 18.1. The maximum absolute atomic E-state index is 4.85. The predicted molar refractivity (Wildman–Crippen MR) is 109 cm³/mol. The highest BCUT2D eigenvalue weighted by Crippen LogP contribution is 2.34. The molecule has 0 spiro atoms. The van der Waals surface area contributed by atoms with E-state index in [-0.39, 0.29) is 0 Å². The van der Waals surface area contributed by atoms with Crippen LogP contribution in [0.3, 0.4) is 0 Å². The van der Waals surface area contributed by atoms with Gasteiger partial charge in [-0.25, -0.2) is 9.97 Å². The second-order valence-corrected chi connectivity index (χ2v) is 8.03. The van der Waals surface area contributed by atoms with E-state index in [0.29, 0.717) is 5.92 Å². The van der Waals surface area contributed by atoms with Crippen LogP contribution < -0.4 is 4.90 Å². The number of aromatic nitrogens is 4. The van der Waals surface area contributed by atoms with E-state index in [1.54, 1.807) is 11.3 Å². The minimum atomic E-state index is 0.433. The fourth-order valence-electron chi connectivity index (χ4n) is 3.86. The number of benzene rings is 1. The van der Waals surface area contributed by atoms with Gasteiger partial charge >= 0.3 is 0 Å². The molecule has 0 aliphatic carbocycles. The van der Waals surface area contributed by atoms with Crippen molar-refractivity contribution in [1.29, 1.82) is 0 Å². The topological polar surface area (TPSA) is 46.8 Å². The highest BCUT2D eigenvalue weighted by Gasteiger charge is 2.26. The zero-order valence-electron chi connectivity index (χ0n) is 15.0. The molecule has 1 fully saturated rings. The number of piperidine rings is 1. The van der Waals surface area contributed by atoms with E-state index in [9.17, 15) is 0 Å². The molecule has 27 heavy (non-hydrogen) atoms. The highest BCUT2D eigenvalue weighted by atomic mass is 32.1. The Bertz CT molecular complexity index is 1010. The number of para-hydroxylation sites is 1. The van der Waals surface area contributed by atoms with Crippen molar-refractivity contribution in [2.24, 2.45) is 0 Å². The van der Waals surface area contributed by atoms with Gasteiger partial charge in [-0.1, -0.05) is 23.5 Å². The van der Waals surface area contributed by atoms with Crippen LogP contribution in [0.25, 0.3) is 10.2 Å². The molecule has 136 valence electrons. The van der Waals surface area contributed by atoms with E-state index in [1.165, 1.54) is 28.9 Å². The Morgan fingerprint density at radius 1 is 1.07 bits per heavy atom. The molecule has 1 aliphatic heterocycles. The van der Waals surface area contributed by atoms with Gasteiger partial charge in [0, 0.05) is 50.3 Å². The Balaban J connectivity index is 1.38. The number of anilines is 1. The fraction of sp³-hybridized carbons (Fsp3) is 0.286. The first-order valence-corrected chi connectivity index (χ1v) is 10.2. The number of thiazole rings is 1. The molecule has 6 heteroatoms. The summed E-state index contributed by atoms with van der Waals surface area (Å²) in [5.41, 5.74) is 2.35. The predicted octanol–water partition coefficient (Wildman–Crippen LogP) is 4.32. The first-order valence-electron chi connectivity index (χ1n) is 9.37. The van der Waals surface area contributed by atoms with Crippen molar-refractivity contribution in [2.75, 3.05) is 18.0 Å². The molecule has 0 N–H and O–H groups in total. The molecule has 4 aromatic rings. The maximum atomic E-state index is 4.85. The minimum absolute atomic E-state index is 0.433. The largest absolute Gasteiger partial charge is 0.347 e. The number of hydrogen-bond acceptors (Lipinski definition) is 5. The number of fused-ring (bicyclic) bond motifs is 1. The van der Waals surface area contributed by atoms with E-state index in [1.807, 2.05) is 18.6 Å². The van der Waals surface area contributed by atoms with Crippen molar-refractivity contribution < 1.29 is 0 Å². The van der Waals surface area contributed by atoms with E-state index in [0.717, 1.165) is 30.3 Å². The Hall–Kier alpha value is -2.73. The first kappa shape index (κ1) is 16.4. The van der Waals surface area contributed by atoms with Crippen molar-refractivity contribution in [3.8, 4) is 0 Å². The Morgan fingerprint density at radius 3 is 2.85 bits per heavy atom. The maximum Gasteiger partial charge on any atom is 0.186 e. The summed E-state index contributed by atoms with van der Waals surface area (Å²) in [5.74, 6) is 1.61. The van der Waals surface area contributed by atoms with Crippen molar-refractivity contribution in [3.05, 3.63) is 72.6 Å². The van der Waals surface area contributed by atoms with Crippen LogP contribution in [0.2, 0.25) is 0 Å². The van der Waals surface area contributed by atoms with E-state index in [2.05, 4.69) is 57.0 Å². The van der Waals surface area contributed by atoms with Gasteiger partial charge in [0.2, 0.25) is 0 Å². The molecule has 0 bridgehead atoms. The number of imidazole rings is 1. The van der Waals surface area contributed by atoms with Crippen LogP contribution in [0.4, 0.5) is 5.13 Å². The molecule has 1 aliphatic rings. The van der Waals surface area contributed by atoms with Crippen LogP contribution in [0, 0.1) is 0 Å². The van der Waals surface area contributed by atoms with Crippen LogP contribution in [0.5, 0.6) is 0 Å². The fourth-order valence-corrected chi connectivity index (χ4v) is 4.86. The molecule has 5 nitrogen and oxygen atoms in total. The van der Waals surface area contributed by atoms with Crippen LogP contribution in [0.15, 0.2) is 61.2 Å². The summed E-state index contributed by atoms with van der Waals surface area (Å²) in [6.07, 6.45) is 10.1. The third kappa shape index (κ3) is 3.32. The number of hydrogen-bond donors (Lipinski definition) is 0. The zero-order valence-corrected chi connectivity index (χ0v) is 15.8. The summed E-state index contributed by atoms with van der Waals surface area (Å²) in [4.78, 5) is 16.1. The summed E-state index contributed by atoms with van der Waals surface area (Å²) >= 11 is 1.79. The second kappa shape index (κ2) is 7.12. The number of pyridine rings is 1. The molecule has 0 amide bonds. The quantitative estimate of drug-likeness (QED) is 0.533. The van der Waals surface area contributed by atoms with Gasteiger partial charge in [0.1, 0.15) is 5.82 Å². The Kier molecular flexibility index (Phi) is 4.33. The lowest BCUT2D eigenvalue weighted by atomic mass is 9.97. The molecule has 0 unspecified atom stereocenters. The van der Waals surface area contributed by atoms with Gasteiger partial charge in [0.05, 0.1) is 10.2 Å². The lowest BCUT2D eigenvalue weighted by Gasteiger charge is -2.32. The third-order valence-corrected chi connectivity index (χ3v) is 6.29. The molecule has 1 aromatic carbocycles. The Morgan fingerprint density at radius 2 is 1.96 bits per heavy atom. The molecule has 0 saturated carbocycles. The summed E-state index contributed by atoms with van der Waals surface area (Å²) in [7, 11) is 0. The highest BCUT2D eigenvalue weighted by molar-refractivity contribution is 7.22. The van der Waals surface area contributed by atoms with Gasteiger partial charge in [-0.2, -0.15) is 0 Å². The minimum Gasteiger partial charge on any atom is -0.347 e. The standard InChI is InChI=1S/C21H21N5S/c1-2-6-19-18(5-1)24-21(27-19)26-12-3-4-17(15-26)20-23-11-13-25(20)14-16-7-9-22-10-8-16/h1-2,5-11,13,17H,3-4,12,14-15H2/t17-/m1/s1. The van der Waals surface area contributed by atoms with Crippen LogP contribution in [-0.2, 0) is 6.54 Å². The van der Waals surface area contributed by atoms with E-state index < -0.39 is 0 Å².